The molecule has 0 atom stereocenters. The van der Waals surface area contributed by atoms with Gasteiger partial charge in [0.25, 0.3) is 0 Å². The third kappa shape index (κ3) is 2.31. The summed E-state index contributed by atoms with van der Waals surface area (Å²) in [5.74, 6) is 0.483. The molecule has 3 rings (SSSR count). The van der Waals surface area contributed by atoms with E-state index in [1.165, 1.54) is 5.56 Å². The van der Waals surface area contributed by atoms with Gasteiger partial charge in [0.15, 0.2) is 0 Å². The molecule has 2 aromatic rings. The van der Waals surface area contributed by atoms with Crippen molar-refractivity contribution in [1.29, 1.82) is 0 Å². The lowest BCUT2D eigenvalue weighted by Crippen LogP contribution is -2.33. The maximum atomic E-state index is 5.98. The Balaban J connectivity index is 2.00. The van der Waals surface area contributed by atoms with Gasteiger partial charge < -0.3 is 18.9 Å². The number of rotatable bonds is 4. The van der Waals surface area contributed by atoms with Crippen molar-refractivity contribution in [3.63, 3.8) is 0 Å². The molecule has 1 aliphatic rings. The largest absolute Gasteiger partial charge is 0.457 e. The smallest absolute Gasteiger partial charge is 0.311 e. The maximum absolute atomic E-state index is 5.98. The normalized spacial score (nSPS) is 13.3. The van der Waals surface area contributed by atoms with Crippen molar-refractivity contribution < 1.29 is 18.9 Å². The van der Waals surface area contributed by atoms with Gasteiger partial charge in [-0.3, -0.25) is 0 Å². The maximum Gasteiger partial charge on any atom is 0.311 e. The topological polar surface area (TPSA) is 36.9 Å². The fourth-order valence-electron chi connectivity index (χ4n) is 2.66. The number of fused-ring (bicyclic) bond motifs is 2. The number of hydrogen-bond donors (Lipinski definition) is 0. The van der Waals surface area contributed by atoms with E-state index in [1.54, 1.807) is 21.3 Å². The summed E-state index contributed by atoms with van der Waals surface area (Å²) in [4.78, 5) is 0. The van der Waals surface area contributed by atoms with Crippen LogP contribution in [0.4, 0.5) is 0 Å². The lowest BCUT2D eigenvalue weighted by atomic mass is 9.98. The van der Waals surface area contributed by atoms with Gasteiger partial charge in [-0.1, -0.05) is 30.3 Å². The van der Waals surface area contributed by atoms with Crippen LogP contribution in [0.2, 0.25) is 0 Å². The van der Waals surface area contributed by atoms with Gasteiger partial charge in [-0.05, 0) is 23.3 Å². The first-order valence-electron chi connectivity index (χ1n) is 6.77. The minimum atomic E-state index is -1.21. The number of hydrogen-bond acceptors (Lipinski definition) is 4. The third-order valence-corrected chi connectivity index (χ3v) is 3.80. The first-order valence-corrected chi connectivity index (χ1v) is 6.77. The van der Waals surface area contributed by atoms with Crippen molar-refractivity contribution in [2.75, 3.05) is 21.3 Å². The fraction of sp³-hybridized carbons (Fsp3) is 0.294. The van der Waals surface area contributed by atoms with Crippen molar-refractivity contribution >= 4 is 0 Å². The Morgan fingerprint density at radius 3 is 2.24 bits per heavy atom. The molecule has 0 fully saturated rings. The zero-order chi connectivity index (χ0) is 14.9. The zero-order valence-electron chi connectivity index (χ0n) is 12.4. The van der Waals surface area contributed by atoms with E-state index in [4.69, 9.17) is 18.9 Å². The van der Waals surface area contributed by atoms with E-state index in [2.05, 4.69) is 6.07 Å². The van der Waals surface area contributed by atoms with Crippen molar-refractivity contribution in [3.05, 3.63) is 59.2 Å². The van der Waals surface area contributed by atoms with Crippen LogP contribution in [0, 0.1) is 0 Å². The summed E-state index contributed by atoms with van der Waals surface area (Å²) in [6, 6.07) is 13.9. The molecule has 4 nitrogen and oxygen atoms in total. The first kappa shape index (κ1) is 14.1. The van der Waals surface area contributed by atoms with Gasteiger partial charge in [-0.25, -0.2) is 0 Å². The molecule has 0 aromatic heterocycles. The van der Waals surface area contributed by atoms with Crippen LogP contribution >= 0.6 is 0 Å². The Labute approximate surface area is 124 Å². The van der Waals surface area contributed by atoms with E-state index in [9.17, 15) is 0 Å². The summed E-state index contributed by atoms with van der Waals surface area (Å²) >= 11 is 0. The number of methoxy groups -OCH3 is 3. The second kappa shape index (κ2) is 5.48. The van der Waals surface area contributed by atoms with E-state index in [-0.39, 0.29) is 0 Å². The number of para-hydroxylation sites is 1. The van der Waals surface area contributed by atoms with Gasteiger partial charge in [0.05, 0.1) is 0 Å². The average molecular weight is 286 g/mol. The zero-order valence-corrected chi connectivity index (χ0v) is 12.4. The fourth-order valence-corrected chi connectivity index (χ4v) is 2.66. The Morgan fingerprint density at radius 1 is 0.857 bits per heavy atom. The molecule has 0 saturated carbocycles. The van der Waals surface area contributed by atoms with Gasteiger partial charge in [-0.2, -0.15) is 0 Å². The van der Waals surface area contributed by atoms with E-state index in [0.29, 0.717) is 0 Å². The summed E-state index contributed by atoms with van der Waals surface area (Å²) in [7, 11) is 4.63. The molecule has 0 aliphatic carbocycles. The Bertz CT molecular complexity index is 639. The summed E-state index contributed by atoms with van der Waals surface area (Å²) in [5.41, 5.74) is 3.08. The van der Waals surface area contributed by atoms with E-state index in [1.807, 2.05) is 36.4 Å². The van der Waals surface area contributed by atoms with Crippen molar-refractivity contribution in [2.45, 2.75) is 12.4 Å². The molecule has 0 bridgehead atoms. The number of ether oxygens (including phenoxy) is 4. The molecule has 21 heavy (non-hydrogen) atoms. The molecule has 2 aromatic carbocycles. The van der Waals surface area contributed by atoms with Crippen LogP contribution < -0.4 is 4.74 Å². The van der Waals surface area contributed by atoms with Gasteiger partial charge in [0.1, 0.15) is 11.5 Å². The summed E-state index contributed by atoms with van der Waals surface area (Å²) in [5, 5.41) is 0. The van der Waals surface area contributed by atoms with Gasteiger partial charge in [-0.15, -0.1) is 0 Å². The summed E-state index contributed by atoms with van der Waals surface area (Å²) in [6.45, 7) is 0. The monoisotopic (exact) mass is 286 g/mol. The molecule has 0 amide bonds. The Morgan fingerprint density at radius 2 is 1.52 bits per heavy atom. The predicted molar refractivity (Wildman–Crippen MR) is 78.5 cm³/mol. The quantitative estimate of drug-likeness (QED) is 0.689. The SMILES string of the molecule is COC(OC)(OC)c1ccc2c(c1)Oc1ccccc1C2. The Hall–Kier alpha value is -1.88. The molecule has 110 valence electrons. The van der Waals surface area contributed by atoms with Crippen molar-refractivity contribution in [2.24, 2.45) is 0 Å². The second-order valence-corrected chi connectivity index (χ2v) is 4.88. The highest BCUT2D eigenvalue weighted by Gasteiger charge is 2.33. The van der Waals surface area contributed by atoms with Crippen LogP contribution in [0.3, 0.4) is 0 Å². The van der Waals surface area contributed by atoms with Crippen LogP contribution in [0.1, 0.15) is 16.7 Å². The molecule has 1 heterocycles. The summed E-state index contributed by atoms with van der Waals surface area (Å²) < 4.78 is 22.1. The highest BCUT2D eigenvalue weighted by molar-refractivity contribution is 5.51. The third-order valence-electron chi connectivity index (χ3n) is 3.80. The standard InChI is InChI=1S/C17H18O4/c1-18-17(19-2,20-3)14-9-8-13-10-12-6-4-5-7-15(12)21-16(13)11-14/h4-9,11H,10H2,1-3H3. The lowest BCUT2D eigenvalue weighted by Gasteiger charge is -2.30. The van der Waals surface area contributed by atoms with E-state index in [0.717, 1.165) is 29.0 Å². The van der Waals surface area contributed by atoms with E-state index < -0.39 is 5.97 Å². The molecule has 0 N–H and O–H groups in total. The number of benzene rings is 2. The molecule has 0 spiro atoms. The minimum Gasteiger partial charge on any atom is -0.457 e. The van der Waals surface area contributed by atoms with Crippen LogP contribution in [-0.2, 0) is 26.6 Å². The minimum absolute atomic E-state index is 0.758. The summed E-state index contributed by atoms with van der Waals surface area (Å²) in [6.07, 6.45) is 0.853. The molecule has 1 aliphatic heterocycles. The van der Waals surface area contributed by atoms with Gasteiger partial charge >= 0.3 is 5.97 Å². The average Bonchev–Trinajstić information content (AvgIpc) is 2.55. The van der Waals surface area contributed by atoms with Crippen LogP contribution in [0.5, 0.6) is 11.5 Å². The van der Waals surface area contributed by atoms with Gasteiger partial charge in [0, 0.05) is 33.3 Å². The molecular weight excluding hydrogens is 268 g/mol. The molecule has 0 unspecified atom stereocenters. The first-order chi connectivity index (χ1) is 10.2. The molecule has 0 saturated heterocycles. The predicted octanol–water partition coefficient (Wildman–Crippen LogP) is 3.43. The second-order valence-electron chi connectivity index (χ2n) is 4.88. The molecule has 4 heteroatoms. The highest BCUT2D eigenvalue weighted by atomic mass is 16.9. The molecular formula is C17H18O4. The highest BCUT2D eigenvalue weighted by Crippen LogP contribution is 2.39. The van der Waals surface area contributed by atoms with E-state index >= 15 is 0 Å². The lowest BCUT2D eigenvalue weighted by molar-refractivity contribution is -0.364. The molecule has 0 radical (unpaired) electrons. The van der Waals surface area contributed by atoms with Crippen LogP contribution in [0.15, 0.2) is 42.5 Å². The van der Waals surface area contributed by atoms with Crippen molar-refractivity contribution in [3.8, 4) is 11.5 Å². The van der Waals surface area contributed by atoms with Gasteiger partial charge in [0.2, 0.25) is 0 Å². The Kier molecular flexibility index (Phi) is 3.68. The van der Waals surface area contributed by atoms with Crippen LogP contribution in [-0.4, -0.2) is 21.3 Å². The van der Waals surface area contributed by atoms with Crippen LogP contribution in [0.25, 0.3) is 0 Å². The van der Waals surface area contributed by atoms with Crippen molar-refractivity contribution in [1.82, 2.24) is 0 Å².